The summed E-state index contributed by atoms with van der Waals surface area (Å²) in [5, 5.41) is 14.4. The number of aromatic nitrogens is 1. The molecular weight excluding hydrogens is 342 g/mol. The first-order chi connectivity index (χ1) is 12.9. The molecule has 2 saturated heterocycles. The van der Waals surface area contributed by atoms with Crippen molar-refractivity contribution in [1.29, 1.82) is 0 Å². The number of piperidine rings is 1. The topological polar surface area (TPSA) is 74.7 Å². The number of nitrogens with zero attached hydrogens (tertiary/aromatic N) is 2. The smallest absolute Gasteiger partial charge is 0.226 e. The van der Waals surface area contributed by atoms with Crippen molar-refractivity contribution in [3.8, 4) is 0 Å². The molecular formula is C21H31N3O3. The number of nitrogens with one attached hydrogen (secondary N) is 1. The summed E-state index contributed by atoms with van der Waals surface area (Å²) < 4.78 is 6.16. The average molecular weight is 373 g/mol. The van der Waals surface area contributed by atoms with E-state index in [1.54, 1.807) is 0 Å². The minimum atomic E-state index is -0.687. The number of hydrogen-bond acceptors (Lipinski definition) is 5. The molecule has 1 spiro atoms. The molecule has 1 saturated carbocycles. The van der Waals surface area contributed by atoms with E-state index in [2.05, 4.69) is 15.2 Å². The van der Waals surface area contributed by atoms with E-state index in [1.165, 1.54) is 5.56 Å². The van der Waals surface area contributed by atoms with Crippen molar-refractivity contribution in [2.75, 3.05) is 19.7 Å². The Hall–Kier alpha value is -1.50. The molecule has 1 aromatic rings. The van der Waals surface area contributed by atoms with Crippen LogP contribution in [0.5, 0.6) is 0 Å². The van der Waals surface area contributed by atoms with Gasteiger partial charge in [0.15, 0.2) is 0 Å². The summed E-state index contributed by atoms with van der Waals surface area (Å²) in [6, 6.07) is 4.09. The molecule has 3 heterocycles. The monoisotopic (exact) mass is 373 g/mol. The van der Waals surface area contributed by atoms with E-state index < -0.39 is 17.2 Å². The van der Waals surface area contributed by atoms with Crippen molar-refractivity contribution < 1.29 is 14.6 Å². The molecule has 3 aliphatic rings. The highest BCUT2D eigenvalue weighted by Crippen LogP contribution is 2.46. The number of carbonyl (C=O) groups is 1. The molecule has 6 nitrogen and oxygen atoms in total. The van der Waals surface area contributed by atoms with Gasteiger partial charge >= 0.3 is 0 Å². The fourth-order valence-corrected chi connectivity index (χ4v) is 4.47. The average Bonchev–Trinajstić information content (AvgIpc) is 3.42. The third-order valence-electron chi connectivity index (χ3n) is 6.92. The molecule has 1 aliphatic carbocycles. The Bertz CT molecular complexity index is 683. The fourth-order valence-electron chi connectivity index (χ4n) is 4.47. The van der Waals surface area contributed by atoms with E-state index in [-0.39, 0.29) is 11.3 Å². The van der Waals surface area contributed by atoms with Crippen molar-refractivity contribution >= 4 is 5.91 Å². The summed E-state index contributed by atoms with van der Waals surface area (Å²) in [4.78, 5) is 19.1. The maximum Gasteiger partial charge on any atom is 0.226 e. The van der Waals surface area contributed by atoms with Gasteiger partial charge in [0.25, 0.3) is 0 Å². The SMILES string of the molecule is CC1(C(=O)N[C@]2(C)CCOC3(CCN(Cc4ccncc4)CC3)[C@H]2O)CC1. The van der Waals surface area contributed by atoms with Crippen LogP contribution in [0.3, 0.4) is 0 Å². The Morgan fingerprint density at radius 1 is 1.22 bits per heavy atom. The Morgan fingerprint density at radius 2 is 1.89 bits per heavy atom. The Balaban J connectivity index is 1.40. The number of pyridine rings is 1. The highest BCUT2D eigenvalue weighted by atomic mass is 16.5. The third kappa shape index (κ3) is 3.62. The minimum Gasteiger partial charge on any atom is -0.388 e. The molecule has 2 aliphatic heterocycles. The first kappa shape index (κ1) is 18.8. The van der Waals surface area contributed by atoms with Gasteiger partial charge in [0.2, 0.25) is 5.91 Å². The summed E-state index contributed by atoms with van der Waals surface area (Å²) in [6.07, 6.45) is 7.05. The summed E-state index contributed by atoms with van der Waals surface area (Å²) >= 11 is 0. The molecule has 4 rings (SSSR count). The lowest BCUT2D eigenvalue weighted by molar-refractivity contribution is -0.208. The van der Waals surface area contributed by atoms with Crippen LogP contribution in [0.15, 0.2) is 24.5 Å². The largest absolute Gasteiger partial charge is 0.388 e. The normalized spacial score (nSPS) is 32.2. The highest BCUT2D eigenvalue weighted by Gasteiger charge is 2.55. The molecule has 27 heavy (non-hydrogen) atoms. The van der Waals surface area contributed by atoms with Gasteiger partial charge in [-0.2, -0.15) is 0 Å². The quantitative estimate of drug-likeness (QED) is 0.843. The zero-order chi connectivity index (χ0) is 19.1. The predicted molar refractivity (Wildman–Crippen MR) is 102 cm³/mol. The van der Waals surface area contributed by atoms with E-state index >= 15 is 0 Å². The molecule has 0 aromatic carbocycles. The van der Waals surface area contributed by atoms with Crippen molar-refractivity contribution in [1.82, 2.24) is 15.2 Å². The first-order valence-corrected chi connectivity index (χ1v) is 10.1. The highest BCUT2D eigenvalue weighted by molar-refractivity contribution is 5.85. The van der Waals surface area contributed by atoms with E-state index in [0.717, 1.165) is 45.3 Å². The van der Waals surface area contributed by atoms with Crippen LogP contribution in [0.25, 0.3) is 0 Å². The second-order valence-corrected chi connectivity index (χ2v) is 9.13. The van der Waals surface area contributed by atoms with Crippen LogP contribution < -0.4 is 5.32 Å². The fraction of sp³-hybridized carbons (Fsp3) is 0.714. The molecule has 6 heteroatoms. The maximum atomic E-state index is 12.6. The number of likely N-dealkylation sites (tertiary alicyclic amines) is 1. The number of aliphatic hydroxyl groups is 1. The van der Waals surface area contributed by atoms with Crippen molar-refractivity contribution in [3.63, 3.8) is 0 Å². The van der Waals surface area contributed by atoms with Gasteiger partial charge in [-0.3, -0.25) is 14.7 Å². The van der Waals surface area contributed by atoms with Crippen molar-refractivity contribution in [3.05, 3.63) is 30.1 Å². The second kappa shape index (κ2) is 6.83. The Morgan fingerprint density at radius 3 is 2.52 bits per heavy atom. The van der Waals surface area contributed by atoms with Crippen molar-refractivity contribution in [2.45, 2.75) is 69.7 Å². The predicted octanol–water partition coefficient (Wildman–Crippen LogP) is 1.87. The van der Waals surface area contributed by atoms with Gasteiger partial charge in [0.05, 0.1) is 11.1 Å². The second-order valence-electron chi connectivity index (χ2n) is 9.13. The van der Waals surface area contributed by atoms with Crippen molar-refractivity contribution in [2.24, 2.45) is 5.41 Å². The van der Waals surface area contributed by atoms with Crippen LogP contribution in [-0.2, 0) is 16.1 Å². The number of amides is 1. The maximum absolute atomic E-state index is 12.6. The molecule has 2 atom stereocenters. The molecule has 0 radical (unpaired) electrons. The molecule has 1 aromatic heterocycles. The van der Waals surface area contributed by atoms with Crippen LogP contribution in [0.4, 0.5) is 0 Å². The Kier molecular flexibility index (Phi) is 4.77. The number of ether oxygens (including phenoxy) is 1. The van der Waals surface area contributed by atoms with Gasteiger partial charge in [0, 0.05) is 44.0 Å². The molecule has 148 valence electrons. The van der Waals surface area contributed by atoms with Gasteiger partial charge in [-0.1, -0.05) is 6.92 Å². The minimum absolute atomic E-state index is 0.0798. The molecule has 3 fully saturated rings. The summed E-state index contributed by atoms with van der Waals surface area (Å²) in [5.41, 5.74) is -0.156. The lowest BCUT2D eigenvalue weighted by atomic mass is 9.73. The van der Waals surface area contributed by atoms with Gasteiger partial charge in [-0.25, -0.2) is 0 Å². The van der Waals surface area contributed by atoms with E-state index in [9.17, 15) is 9.90 Å². The number of rotatable bonds is 4. The van der Waals surface area contributed by atoms with Crippen LogP contribution in [-0.4, -0.2) is 57.8 Å². The molecule has 0 bridgehead atoms. The van der Waals surface area contributed by atoms with Gasteiger partial charge in [-0.15, -0.1) is 0 Å². The van der Waals surface area contributed by atoms with Gasteiger partial charge in [-0.05, 0) is 56.7 Å². The molecule has 0 unspecified atom stereocenters. The summed E-state index contributed by atoms with van der Waals surface area (Å²) in [5.74, 6) is 0.0798. The summed E-state index contributed by atoms with van der Waals surface area (Å²) in [7, 11) is 0. The summed E-state index contributed by atoms with van der Waals surface area (Å²) in [6.45, 7) is 7.21. The molecule has 2 N–H and O–H groups in total. The number of hydrogen-bond donors (Lipinski definition) is 2. The van der Waals surface area contributed by atoms with Gasteiger partial charge in [0.1, 0.15) is 6.10 Å². The number of aliphatic hydroxyl groups excluding tert-OH is 1. The third-order valence-corrected chi connectivity index (χ3v) is 6.92. The first-order valence-electron chi connectivity index (χ1n) is 10.1. The zero-order valence-corrected chi connectivity index (χ0v) is 16.4. The van der Waals surface area contributed by atoms with Gasteiger partial charge < -0.3 is 15.2 Å². The molecule has 1 amide bonds. The van der Waals surface area contributed by atoms with Crippen LogP contribution in [0.2, 0.25) is 0 Å². The van der Waals surface area contributed by atoms with E-state index in [1.807, 2.05) is 38.4 Å². The van der Waals surface area contributed by atoms with Crippen LogP contribution in [0, 0.1) is 5.41 Å². The van der Waals surface area contributed by atoms with Crippen LogP contribution >= 0.6 is 0 Å². The van der Waals surface area contributed by atoms with E-state index in [4.69, 9.17) is 4.74 Å². The lowest BCUT2D eigenvalue weighted by Gasteiger charge is -2.53. The van der Waals surface area contributed by atoms with Crippen LogP contribution in [0.1, 0.15) is 51.5 Å². The van der Waals surface area contributed by atoms with E-state index in [0.29, 0.717) is 13.0 Å². The lowest BCUT2D eigenvalue weighted by Crippen LogP contribution is -2.69. The number of carbonyl (C=O) groups excluding carboxylic acids is 1. The zero-order valence-electron chi connectivity index (χ0n) is 16.4. The Labute approximate surface area is 161 Å². The standard InChI is InChI=1S/C21H31N3O3/c1-19(5-6-19)18(26)23-20(2)9-14-27-21(17(20)25)7-12-24(13-8-21)15-16-3-10-22-11-4-16/h3-4,10-11,17,25H,5-9,12-15H2,1-2H3,(H,23,26)/t17-,20+/m0/s1.